The van der Waals surface area contributed by atoms with Gasteiger partial charge in [0.05, 0.1) is 9.90 Å². The molecule has 6 nitrogen and oxygen atoms in total. The van der Waals surface area contributed by atoms with Crippen LogP contribution in [0.25, 0.3) is 0 Å². The fraction of sp³-hybridized carbons (Fsp3) is 0.471. The van der Waals surface area contributed by atoms with Gasteiger partial charge >= 0.3 is 6.18 Å². The number of hydrogen-bond acceptors (Lipinski definition) is 4. The van der Waals surface area contributed by atoms with E-state index in [-0.39, 0.29) is 41.6 Å². The number of sulfonamides is 1. The molecule has 0 atom stereocenters. The van der Waals surface area contributed by atoms with E-state index < -0.39 is 28.7 Å². The smallest absolute Gasteiger partial charge is 0.339 e. The monoisotopic (exact) mass is 469 g/mol. The number of alkyl halides is 3. The first kappa shape index (κ1) is 22.1. The van der Waals surface area contributed by atoms with Crippen LogP contribution in [-0.4, -0.2) is 60.5 Å². The number of rotatable bonds is 4. The predicted octanol–water partition coefficient (Wildman–Crippen LogP) is 3.53. The van der Waals surface area contributed by atoms with Crippen molar-refractivity contribution >= 4 is 38.9 Å². The van der Waals surface area contributed by atoms with Gasteiger partial charge in [-0.2, -0.15) is 17.5 Å². The van der Waals surface area contributed by atoms with E-state index in [0.717, 1.165) is 15.9 Å². The minimum absolute atomic E-state index is 0.102. The molecule has 0 radical (unpaired) electrons. The van der Waals surface area contributed by atoms with E-state index in [1.165, 1.54) is 41.3 Å². The van der Waals surface area contributed by atoms with Gasteiger partial charge in [-0.3, -0.25) is 4.79 Å². The number of halogens is 4. The summed E-state index contributed by atoms with van der Waals surface area (Å²) in [6.45, 7) is 2.35. The highest BCUT2D eigenvalue weighted by molar-refractivity contribution is 7.91. The Morgan fingerprint density at radius 2 is 1.79 bits per heavy atom. The third kappa shape index (κ3) is 4.62. The first-order chi connectivity index (χ1) is 13.4. The quantitative estimate of drug-likeness (QED) is 0.688. The van der Waals surface area contributed by atoms with Gasteiger partial charge in [0.1, 0.15) is 10.8 Å². The third-order valence-electron chi connectivity index (χ3n) is 4.81. The van der Waals surface area contributed by atoms with Crippen LogP contribution in [0.15, 0.2) is 22.4 Å². The van der Waals surface area contributed by atoms with Gasteiger partial charge in [-0.25, -0.2) is 8.42 Å². The Bertz CT molecular complexity index is 1020. The number of aromatic nitrogens is 1. The number of nitrogens with zero attached hydrogens (tertiary/aromatic N) is 3. The molecule has 2 aromatic rings. The highest BCUT2D eigenvalue weighted by Crippen LogP contribution is 2.29. The van der Waals surface area contributed by atoms with E-state index in [1.54, 1.807) is 0 Å². The van der Waals surface area contributed by atoms with Crippen LogP contribution in [0.2, 0.25) is 4.34 Å². The first-order valence-corrected chi connectivity index (χ1v) is 11.3. The van der Waals surface area contributed by atoms with Gasteiger partial charge in [-0.05, 0) is 32.0 Å². The highest BCUT2D eigenvalue weighted by Gasteiger charge is 2.34. The van der Waals surface area contributed by atoms with Crippen molar-refractivity contribution in [3.63, 3.8) is 0 Å². The average molecular weight is 470 g/mol. The fourth-order valence-corrected chi connectivity index (χ4v) is 6.36. The second-order valence-electron chi connectivity index (χ2n) is 6.74. The summed E-state index contributed by atoms with van der Waals surface area (Å²) >= 11 is 6.78. The van der Waals surface area contributed by atoms with Gasteiger partial charge in [0.2, 0.25) is 0 Å². The van der Waals surface area contributed by atoms with Gasteiger partial charge in [0.15, 0.2) is 0 Å². The third-order valence-corrected chi connectivity index (χ3v) is 8.41. The van der Waals surface area contributed by atoms with Crippen LogP contribution < -0.4 is 0 Å². The molecule has 1 amide bonds. The lowest BCUT2D eigenvalue weighted by molar-refractivity contribution is -0.141. The number of aryl methyl sites for hydroxylation is 1. The Balaban J connectivity index is 1.72. The standard InChI is InChI=1S/C17H19ClF3N3O3S2/c1-11-9-13(12(2)24(11)10-17(19,20)21)16(25)22-5-7-23(8-6-22)29(26,27)15-4-3-14(18)28-15/h3-4,9H,5-8,10H2,1-2H3. The van der Waals surface area contributed by atoms with Crippen LogP contribution in [0.1, 0.15) is 21.7 Å². The maximum Gasteiger partial charge on any atom is 0.406 e. The van der Waals surface area contributed by atoms with Crippen molar-refractivity contribution in [1.82, 2.24) is 13.8 Å². The maximum atomic E-state index is 12.8. The Kier molecular flexibility index (Phi) is 6.06. The van der Waals surface area contributed by atoms with Crippen LogP contribution in [0.4, 0.5) is 13.2 Å². The molecular formula is C17H19ClF3N3O3S2. The summed E-state index contributed by atoms with van der Waals surface area (Å²) in [4.78, 5) is 14.3. The van der Waals surface area contributed by atoms with Crippen LogP contribution in [0.5, 0.6) is 0 Å². The largest absolute Gasteiger partial charge is 0.406 e. The van der Waals surface area contributed by atoms with Crippen LogP contribution in [0.3, 0.4) is 0 Å². The maximum absolute atomic E-state index is 12.8. The molecule has 0 saturated carbocycles. The summed E-state index contributed by atoms with van der Waals surface area (Å²) in [6, 6.07) is 4.39. The number of carbonyl (C=O) groups excluding carboxylic acids is 1. The summed E-state index contributed by atoms with van der Waals surface area (Å²) in [5.41, 5.74) is 0.792. The molecule has 29 heavy (non-hydrogen) atoms. The minimum atomic E-state index is -4.39. The number of hydrogen-bond donors (Lipinski definition) is 0. The predicted molar refractivity (Wildman–Crippen MR) is 104 cm³/mol. The lowest BCUT2D eigenvalue weighted by atomic mass is 10.2. The van der Waals surface area contributed by atoms with Gasteiger partial charge in [-0.15, -0.1) is 11.3 Å². The van der Waals surface area contributed by atoms with Crippen LogP contribution in [-0.2, 0) is 16.6 Å². The molecule has 3 rings (SSSR count). The van der Waals surface area contributed by atoms with E-state index in [2.05, 4.69) is 0 Å². The van der Waals surface area contributed by atoms with Crippen molar-refractivity contribution in [3.8, 4) is 0 Å². The van der Waals surface area contributed by atoms with Gasteiger partial charge < -0.3 is 9.47 Å². The van der Waals surface area contributed by atoms with E-state index >= 15 is 0 Å². The molecule has 0 N–H and O–H groups in total. The molecule has 3 heterocycles. The van der Waals surface area contributed by atoms with Gasteiger partial charge in [0, 0.05) is 37.6 Å². The van der Waals surface area contributed by atoms with Gasteiger partial charge in [-0.1, -0.05) is 11.6 Å². The summed E-state index contributed by atoms with van der Waals surface area (Å²) in [5, 5.41) is 0. The number of piperazine rings is 1. The zero-order chi connectivity index (χ0) is 21.6. The first-order valence-electron chi connectivity index (χ1n) is 8.68. The van der Waals surface area contributed by atoms with Gasteiger partial charge in [0.25, 0.3) is 15.9 Å². The normalized spacial score (nSPS) is 16.4. The molecular weight excluding hydrogens is 451 g/mol. The van der Waals surface area contributed by atoms with Crippen molar-refractivity contribution in [2.75, 3.05) is 26.2 Å². The molecule has 1 fully saturated rings. The molecule has 1 aliphatic heterocycles. The molecule has 0 bridgehead atoms. The van der Waals surface area contributed by atoms with Crippen LogP contribution in [0, 0.1) is 13.8 Å². The zero-order valence-corrected chi connectivity index (χ0v) is 18.1. The Labute approximate surface area is 175 Å². The molecule has 12 heteroatoms. The molecule has 160 valence electrons. The number of thiophene rings is 1. The van der Waals surface area contributed by atoms with Crippen LogP contribution >= 0.6 is 22.9 Å². The molecule has 2 aromatic heterocycles. The van der Waals surface area contributed by atoms with Crippen molar-refractivity contribution in [1.29, 1.82) is 0 Å². The van der Waals surface area contributed by atoms with E-state index in [9.17, 15) is 26.4 Å². The topological polar surface area (TPSA) is 62.6 Å². The molecule has 1 saturated heterocycles. The summed E-state index contributed by atoms with van der Waals surface area (Å²) < 4.78 is 66.5. The van der Waals surface area contributed by atoms with E-state index in [4.69, 9.17) is 11.6 Å². The lowest BCUT2D eigenvalue weighted by Crippen LogP contribution is -2.50. The van der Waals surface area contributed by atoms with E-state index in [0.29, 0.717) is 10.0 Å². The average Bonchev–Trinajstić information content (AvgIpc) is 3.19. The molecule has 0 unspecified atom stereocenters. The highest BCUT2D eigenvalue weighted by atomic mass is 35.5. The Morgan fingerprint density at radius 3 is 2.31 bits per heavy atom. The zero-order valence-electron chi connectivity index (χ0n) is 15.7. The lowest BCUT2D eigenvalue weighted by Gasteiger charge is -2.33. The molecule has 0 aromatic carbocycles. The SMILES string of the molecule is Cc1cc(C(=O)N2CCN(S(=O)(=O)c3ccc(Cl)s3)CC2)c(C)n1CC(F)(F)F. The minimum Gasteiger partial charge on any atom is -0.339 e. The van der Waals surface area contributed by atoms with Crippen molar-refractivity contribution in [2.24, 2.45) is 0 Å². The van der Waals surface area contributed by atoms with Crippen molar-refractivity contribution in [2.45, 2.75) is 30.8 Å². The molecule has 1 aliphatic rings. The molecule has 0 aliphatic carbocycles. The number of carbonyl (C=O) groups is 1. The Morgan fingerprint density at radius 1 is 1.17 bits per heavy atom. The Hall–Kier alpha value is -1.56. The molecule has 0 spiro atoms. The second-order valence-corrected chi connectivity index (χ2v) is 10.6. The second kappa shape index (κ2) is 7.93. The summed E-state index contributed by atoms with van der Waals surface area (Å²) in [7, 11) is -3.69. The number of amides is 1. The summed E-state index contributed by atoms with van der Waals surface area (Å²) in [5.74, 6) is -0.400. The fourth-order valence-electron chi connectivity index (χ4n) is 3.31. The van der Waals surface area contributed by atoms with E-state index in [1.807, 2.05) is 0 Å². The van der Waals surface area contributed by atoms with Crippen molar-refractivity contribution in [3.05, 3.63) is 39.5 Å². The summed E-state index contributed by atoms with van der Waals surface area (Å²) in [6.07, 6.45) is -4.39. The van der Waals surface area contributed by atoms with Crippen molar-refractivity contribution < 1.29 is 26.4 Å².